The minimum atomic E-state index is -3.82. The monoisotopic (exact) mass is 443 g/mol. The Balaban J connectivity index is 2.32. The average molecular weight is 444 g/mol. The normalized spacial score (nSPS) is 11.5. The average Bonchev–Trinajstić information content (AvgIpc) is 2.66. The molecule has 0 saturated carbocycles. The number of nitro benzene ring substituents is 1. The number of rotatable bonds is 17. The zero-order valence-corrected chi connectivity index (χ0v) is 19.2. The van der Waals surface area contributed by atoms with Gasteiger partial charge in [0.25, 0.3) is 0 Å². The highest BCUT2D eigenvalue weighted by atomic mass is 32.2. The summed E-state index contributed by atoms with van der Waals surface area (Å²) >= 11 is 0. The lowest BCUT2D eigenvalue weighted by Crippen LogP contribution is -2.08. The number of nitrogens with zero attached hydrogens (tertiary/aromatic N) is 1. The van der Waals surface area contributed by atoms with Gasteiger partial charge >= 0.3 is 15.8 Å². The fourth-order valence-corrected chi connectivity index (χ4v) is 4.00. The van der Waals surface area contributed by atoms with E-state index in [9.17, 15) is 23.6 Å². The molecule has 1 rings (SSSR count). The number of phenols is 1. The molecule has 0 bridgehead atoms. The number of aryl methyl sites for hydroxylation is 1. The van der Waals surface area contributed by atoms with Gasteiger partial charge in [-0.15, -0.1) is 0 Å². The molecule has 30 heavy (non-hydrogen) atoms. The minimum Gasteiger partial charge on any atom is -0.502 e. The lowest BCUT2D eigenvalue weighted by atomic mass is 10.0. The van der Waals surface area contributed by atoms with Crippen molar-refractivity contribution in [3.63, 3.8) is 0 Å². The van der Waals surface area contributed by atoms with E-state index in [0.29, 0.717) is 12.0 Å². The highest BCUT2D eigenvalue weighted by Gasteiger charge is 2.20. The van der Waals surface area contributed by atoms with Gasteiger partial charge in [-0.3, -0.25) is 10.1 Å². The van der Waals surface area contributed by atoms with Crippen molar-refractivity contribution in [1.29, 1.82) is 0 Å². The van der Waals surface area contributed by atoms with Crippen LogP contribution in [0, 0.1) is 10.1 Å². The van der Waals surface area contributed by atoms with Gasteiger partial charge in [-0.2, -0.15) is 8.42 Å². The number of benzene rings is 1. The van der Waals surface area contributed by atoms with Crippen LogP contribution in [0.4, 0.5) is 5.69 Å². The van der Waals surface area contributed by atoms with Crippen LogP contribution in [-0.2, 0) is 16.5 Å². The first-order valence-corrected chi connectivity index (χ1v) is 13.0. The first kappa shape index (κ1) is 26.2. The molecule has 1 N–H and O–H groups in total. The molecule has 0 aliphatic rings. The van der Waals surface area contributed by atoms with E-state index in [1.807, 2.05) is 0 Å². The molecule has 0 atom stereocenters. The van der Waals surface area contributed by atoms with Gasteiger partial charge in [-0.1, -0.05) is 84.0 Å². The fraction of sp³-hybridized carbons (Fsp3) is 0.727. The summed E-state index contributed by atoms with van der Waals surface area (Å²) in [6, 6.07) is 2.22. The second-order valence-electron chi connectivity index (χ2n) is 7.99. The molecule has 0 saturated heterocycles. The van der Waals surface area contributed by atoms with Crippen LogP contribution in [0.5, 0.6) is 11.5 Å². The van der Waals surface area contributed by atoms with Crippen molar-refractivity contribution in [1.82, 2.24) is 0 Å². The van der Waals surface area contributed by atoms with E-state index in [1.165, 1.54) is 70.3 Å². The molecule has 0 radical (unpaired) electrons. The molecular formula is C22H37NO6S. The Morgan fingerprint density at radius 3 is 1.80 bits per heavy atom. The first-order chi connectivity index (χ1) is 14.2. The van der Waals surface area contributed by atoms with Crippen LogP contribution >= 0.6 is 0 Å². The van der Waals surface area contributed by atoms with Gasteiger partial charge in [0, 0.05) is 5.56 Å². The number of phenolic OH excluding ortho intramolecular Hbond substituents is 1. The minimum absolute atomic E-state index is 0.0825. The van der Waals surface area contributed by atoms with Gasteiger partial charge in [-0.05, 0) is 18.9 Å². The summed E-state index contributed by atoms with van der Waals surface area (Å²) in [4.78, 5) is 10.2. The Morgan fingerprint density at radius 2 is 1.37 bits per heavy atom. The Hall–Kier alpha value is -1.83. The van der Waals surface area contributed by atoms with Gasteiger partial charge in [-0.25, -0.2) is 0 Å². The van der Waals surface area contributed by atoms with Crippen molar-refractivity contribution in [3.8, 4) is 11.5 Å². The smallest absolute Gasteiger partial charge is 0.314 e. The molecule has 1 aromatic rings. The highest BCUT2D eigenvalue weighted by Crippen LogP contribution is 2.35. The Bertz CT molecular complexity index is 748. The molecule has 0 aliphatic heterocycles. The van der Waals surface area contributed by atoms with Gasteiger partial charge in [0.15, 0.2) is 11.5 Å². The van der Waals surface area contributed by atoms with E-state index in [0.717, 1.165) is 31.6 Å². The number of hydrogen-bond donors (Lipinski definition) is 1. The van der Waals surface area contributed by atoms with Gasteiger partial charge in [0.05, 0.1) is 17.2 Å². The number of aromatic hydroxyl groups is 1. The third kappa shape index (κ3) is 11.4. The third-order valence-electron chi connectivity index (χ3n) is 5.15. The highest BCUT2D eigenvalue weighted by molar-refractivity contribution is 7.86. The lowest BCUT2D eigenvalue weighted by Gasteiger charge is -2.10. The predicted octanol–water partition coefficient (Wildman–Crippen LogP) is 6.27. The van der Waals surface area contributed by atoms with Crippen LogP contribution < -0.4 is 4.18 Å². The molecular weight excluding hydrogens is 406 g/mol. The van der Waals surface area contributed by atoms with Gasteiger partial charge in [0.1, 0.15) is 0 Å². The SMILES string of the molecule is CCCCCCCCCCCCCCCc1cc(O)c([N+](=O)[O-])cc1OS(C)(=O)=O. The topological polar surface area (TPSA) is 107 Å². The van der Waals surface area contributed by atoms with Crippen molar-refractivity contribution < 1.29 is 22.6 Å². The summed E-state index contributed by atoms with van der Waals surface area (Å²) in [6.07, 6.45) is 17.3. The Morgan fingerprint density at radius 1 is 0.900 bits per heavy atom. The van der Waals surface area contributed by atoms with Crippen LogP contribution in [0.25, 0.3) is 0 Å². The van der Waals surface area contributed by atoms with Crippen molar-refractivity contribution in [2.75, 3.05) is 6.26 Å². The summed E-state index contributed by atoms with van der Waals surface area (Å²) < 4.78 is 27.8. The molecule has 1 aromatic carbocycles. The molecule has 0 heterocycles. The van der Waals surface area contributed by atoms with Crippen molar-refractivity contribution >= 4 is 15.8 Å². The summed E-state index contributed by atoms with van der Waals surface area (Å²) in [5.74, 6) is -0.563. The molecule has 0 aliphatic carbocycles. The summed E-state index contributed by atoms with van der Waals surface area (Å²) in [6.45, 7) is 2.23. The summed E-state index contributed by atoms with van der Waals surface area (Å²) in [5, 5.41) is 20.8. The second-order valence-corrected chi connectivity index (χ2v) is 9.56. The molecule has 0 aromatic heterocycles. The van der Waals surface area contributed by atoms with Crippen molar-refractivity contribution in [2.45, 2.75) is 96.8 Å². The summed E-state index contributed by atoms with van der Waals surface area (Å²) in [7, 11) is -3.82. The third-order valence-corrected chi connectivity index (χ3v) is 5.63. The number of hydrogen-bond acceptors (Lipinski definition) is 6. The van der Waals surface area contributed by atoms with Gasteiger partial charge in [0.2, 0.25) is 0 Å². The Kier molecular flexibility index (Phi) is 12.4. The predicted molar refractivity (Wildman–Crippen MR) is 120 cm³/mol. The van der Waals surface area contributed by atoms with Crippen LogP contribution in [0.3, 0.4) is 0 Å². The van der Waals surface area contributed by atoms with E-state index in [2.05, 4.69) is 6.92 Å². The fourth-order valence-electron chi connectivity index (χ4n) is 3.52. The van der Waals surface area contributed by atoms with Crippen LogP contribution in [0.1, 0.15) is 96.0 Å². The van der Waals surface area contributed by atoms with Crippen LogP contribution in [0.2, 0.25) is 0 Å². The second kappa shape index (κ2) is 14.2. The maximum absolute atomic E-state index is 11.5. The van der Waals surface area contributed by atoms with Gasteiger partial charge < -0.3 is 9.29 Å². The van der Waals surface area contributed by atoms with Crippen LogP contribution in [-0.4, -0.2) is 24.7 Å². The molecule has 0 amide bonds. The quantitative estimate of drug-likeness (QED) is 0.131. The molecule has 7 nitrogen and oxygen atoms in total. The maximum Gasteiger partial charge on any atom is 0.314 e. The maximum atomic E-state index is 11.5. The molecule has 0 unspecified atom stereocenters. The zero-order valence-electron chi connectivity index (χ0n) is 18.4. The molecule has 172 valence electrons. The lowest BCUT2D eigenvalue weighted by molar-refractivity contribution is -0.385. The Labute approximate surface area is 181 Å². The van der Waals surface area contributed by atoms with E-state index < -0.39 is 26.5 Å². The van der Waals surface area contributed by atoms with Crippen molar-refractivity contribution in [3.05, 3.63) is 27.8 Å². The number of unbranched alkanes of at least 4 members (excludes halogenated alkanes) is 12. The number of nitro groups is 1. The largest absolute Gasteiger partial charge is 0.502 e. The molecule has 8 heteroatoms. The zero-order chi connectivity index (χ0) is 22.4. The van der Waals surface area contributed by atoms with E-state index in [1.54, 1.807) is 0 Å². The van der Waals surface area contributed by atoms with E-state index in [4.69, 9.17) is 4.18 Å². The summed E-state index contributed by atoms with van der Waals surface area (Å²) in [5.41, 5.74) is -0.102. The van der Waals surface area contributed by atoms with E-state index in [-0.39, 0.29) is 5.75 Å². The van der Waals surface area contributed by atoms with E-state index >= 15 is 0 Å². The van der Waals surface area contributed by atoms with Crippen LogP contribution in [0.15, 0.2) is 12.1 Å². The standard InChI is InChI=1S/C22H37NO6S/c1-3-4-5-6-7-8-9-10-11-12-13-14-15-16-19-17-21(24)20(23(25)26)18-22(19)29-30(2,27)28/h17-18,24H,3-16H2,1-2H3. The first-order valence-electron chi connectivity index (χ1n) is 11.1. The molecule has 0 fully saturated rings. The molecule has 0 spiro atoms. The van der Waals surface area contributed by atoms with Crippen molar-refractivity contribution in [2.24, 2.45) is 0 Å².